The quantitative estimate of drug-likeness (QED) is 0.779. The fourth-order valence-electron chi connectivity index (χ4n) is 2.47. The van der Waals surface area contributed by atoms with E-state index >= 15 is 0 Å². The SMILES string of the molecule is CC(C)(C)c1cc([S@](=O)CCc2cccnc2)cc(C(C)(C)C)c1. The summed E-state index contributed by atoms with van der Waals surface area (Å²) in [4.78, 5) is 5.07. The monoisotopic (exact) mass is 343 g/mol. The van der Waals surface area contributed by atoms with Crippen LogP contribution in [-0.4, -0.2) is 14.9 Å². The van der Waals surface area contributed by atoms with E-state index in [-0.39, 0.29) is 10.8 Å². The van der Waals surface area contributed by atoms with Gasteiger partial charge in [-0.1, -0.05) is 53.7 Å². The maximum absolute atomic E-state index is 12.9. The summed E-state index contributed by atoms with van der Waals surface area (Å²) in [6.45, 7) is 13.2. The lowest BCUT2D eigenvalue weighted by Crippen LogP contribution is -2.17. The molecule has 0 radical (unpaired) electrons. The van der Waals surface area contributed by atoms with E-state index in [1.807, 2.05) is 18.3 Å². The van der Waals surface area contributed by atoms with Crippen LogP contribution in [0.5, 0.6) is 0 Å². The minimum Gasteiger partial charge on any atom is -0.264 e. The van der Waals surface area contributed by atoms with Gasteiger partial charge in [-0.15, -0.1) is 0 Å². The molecule has 0 spiro atoms. The van der Waals surface area contributed by atoms with Gasteiger partial charge >= 0.3 is 0 Å². The number of hydrogen-bond donors (Lipinski definition) is 0. The van der Waals surface area contributed by atoms with Crippen LogP contribution in [0.25, 0.3) is 0 Å². The predicted molar refractivity (Wildman–Crippen MR) is 103 cm³/mol. The van der Waals surface area contributed by atoms with Gasteiger partial charge in [0.15, 0.2) is 0 Å². The molecular formula is C21H29NOS. The Balaban J connectivity index is 2.29. The van der Waals surface area contributed by atoms with E-state index in [1.165, 1.54) is 11.1 Å². The van der Waals surface area contributed by atoms with E-state index in [0.717, 1.165) is 16.9 Å². The lowest BCUT2D eigenvalue weighted by molar-refractivity contribution is 0.565. The minimum absolute atomic E-state index is 0.0452. The van der Waals surface area contributed by atoms with Crippen molar-refractivity contribution < 1.29 is 4.21 Å². The highest BCUT2D eigenvalue weighted by Crippen LogP contribution is 2.31. The summed E-state index contributed by atoms with van der Waals surface area (Å²) in [5.41, 5.74) is 3.72. The number of benzene rings is 1. The van der Waals surface area contributed by atoms with Crippen LogP contribution in [0.1, 0.15) is 58.2 Å². The first kappa shape index (κ1) is 18.9. The Morgan fingerprint density at radius 1 is 0.958 bits per heavy atom. The molecule has 2 nitrogen and oxygen atoms in total. The van der Waals surface area contributed by atoms with Crippen LogP contribution >= 0.6 is 0 Å². The molecule has 0 unspecified atom stereocenters. The van der Waals surface area contributed by atoms with Crippen LogP contribution in [0, 0.1) is 0 Å². The van der Waals surface area contributed by atoms with Gasteiger partial charge in [-0.2, -0.15) is 0 Å². The molecule has 0 bridgehead atoms. The van der Waals surface area contributed by atoms with Crippen LogP contribution < -0.4 is 0 Å². The van der Waals surface area contributed by atoms with Crippen LogP contribution in [-0.2, 0) is 28.1 Å². The molecule has 1 heterocycles. The van der Waals surface area contributed by atoms with Gasteiger partial charge in [-0.25, -0.2) is 0 Å². The van der Waals surface area contributed by atoms with Crippen molar-refractivity contribution in [1.29, 1.82) is 0 Å². The highest BCUT2D eigenvalue weighted by molar-refractivity contribution is 7.85. The largest absolute Gasteiger partial charge is 0.264 e. The van der Waals surface area contributed by atoms with Crippen LogP contribution in [0.15, 0.2) is 47.6 Å². The third-order valence-corrected chi connectivity index (χ3v) is 5.54. The first-order valence-corrected chi connectivity index (χ1v) is 9.82. The summed E-state index contributed by atoms with van der Waals surface area (Å²) < 4.78 is 12.9. The van der Waals surface area contributed by atoms with Crippen molar-refractivity contribution in [3.05, 3.63) is 59.4 Å². The van der Waals surface area contributed by atoms with Crippen molar-refractivity contribution in [2.75, 3.05) is 5.75 Å². The first-order chi connectivity index (χ1) is 11.1. The van der Waals surface area contributed by atoms with Gasteiger partial charge in [-0.3, -0.25) is 9.19 Å². The van der Waals surface area contributed by atoms with E-state index < -0.39 is 10.8 Å². The molecule has 24 heavy (non-hydrogen) atoms. The molecule has 0 fully saturated rings. The average Bonchev–Trinajstić information content (AvgIpc) is 2.51. The van der Waals surface area contributed by atoms with Crippen LogP contribution in [0.3, 0.4) is 0 Å². The maximum atomic E-state index is 12.9. The highest BCUT2D eigenvalue weighted by atomic mass is 32.2. The summed E-state index contributed by atoms with van der Waals surface area (Å²) in [5, 5.41) is 0. The second kappa shape index (κ2) is 7.18. The zero-order valence-electron chi connectivity index (χ0n) is 15.7. The molecule has 3 heteroatoms. The molecule has 1 aromatic heterocycles. The minimum atomic E-state index is -1.00. The Labute approximate surface area is 149 Å². The summed E-state index contributed by atoms with van der Waals surface area (Å²) in [6, 6.07) is 10.5. The predicted octanol–water partition coefficient (Wildman–Crippen LogP) is 5.03. The number of nitrogens with zero attached hydrogens (tertiary/aromatic N) is 1. The van der Waals surface area contributed by atoms with Crippen molar-refractivity contribution in [1.82, 2.24) is 4.98 Å². The molecule has 0 saturated heterocycles. The summed E-state index contributed by atoms with van der Waals surface area (Å²) >= 11 is 0. The number of pyridine rings is 1. The van der Waals surface area contributed by atoms with Crippen molar-refractivity contribution >= 4 is 10.8 Å². The molecule has 2 rings (SSSR count). The molecule has 1 aromatic carbocycles. The van der Waals surface area contributed by atoms with Gasteiger partial charge in [-0.05, 0) is 52.1 Å². The number of hydrogen-bond acceptors (Lipinski definition) is 2. The van der Waals surface area contributed by atoms with Crippen molar-refractivity contribution in [3.8, 4) is 0 Å². The molecule has 0 N–H and O–H groups in total. The maximum Gasteiger partial charge on any atom is 0.0533 e. The Morgan fingerprint density at radius 2 is 1.54 bits per heavy atom. The van der Waals surface area contributed by atoms with E-state index in [4.69, 9.17) is 0 Å². The Kier molecular flexibility index (Phi) is 5.64. The summed E-state index contributed by atoms with van der Waals surface area (Å²) in [7, 11) is -1.00. The summed E-state index contributed by atoms with van der Waals surface area (Å²) in [5.74, 6) is 0.628. The average molecular weight is 344 g/mol. The van der Waals surface area contributed by atoms with Gasteiger partial charge < -0.3 is 0 Å². The molecule has 1 atom stereocenters. The van der Waals surface area contributed by atoms with Gasteiger partial charge in [0.2, 0.25) is 0 Å². The normalized spacial score (nSPS) is 13.8. The zero-order chi connectivity index (χ0) is 18.0. The molecule has 130 valence electrons. The zero-order valence-corrected chi connectivity index (χ0v) is 16.5. The van der Waals surface area contributed by atoms with Crippen molar-refractivity contribution in [3.63, 3.8) is 0 Å². The number of aryl methyl sites for hydroxylation is 1. The molecule has 2 aromatic rings. The van der Waals surface area contributed by atoms with Crippen LogP contribution in [0.2, 0.25) is 0 Å². The third-order valence-electron chi connectivity index (χ3n) is 4.20. The molecule has 0 amide bonds. The Morgan fingerprint density at radius 3 is 2.00 bits per heavy atom. The van der Waals surface area contributed by atoms with Crippen molar-refractivity contribution in [2.45, 2.75) is 63.7 Å². The fraction of sp³-hybridized carbons (Fsp3) is 0.476. The topological polar surface area (TPSA) is 30.0 Å². The fourth-order valence-corrected chi connectivity index (χ4v) is 3.64. The number of aromatic nitrogens is 1. The van der Waals surface area contributed by atoms with E-state index in [1.54, 1.807) is 6.20 Å². The molecule has 0 aliphatic rings. The van der Waals surface area contributed by atoms with E-state index in [0.29, 0.717) is 5.75 Å². The third kappa shape index (κ3) is 5.01. The first-order valence-electron chi connectivity index (χ1n) is 8.51. The van der Waals surface area contributed by atoms with Crippen LogP contribution in [0.4, 0.5) is 0 Å². The lowest BCUT2D eigenvalue weighted by atomic mass is 9.81. The number of rotatable bonds is 4. The van der Waals surface area contributed by atoms with Crippen molar-refractivity contribution in [2.24, 2.45) is 0 Å². The standard InChI is InChI=1S/C21H29NOS/c1-20(2,3)17-12-18(21(4,5)6)14-19(13-17)24(23)11-9-16-8-7-10-22-15-16/h7-8,10,12-15H,9,11H2,1-6H3/t24-/m1/s1. The smallest absolute Gasteiger partial charge is 0.0533 e. The Bertz CT molecular complexity index is 677. The Hall–Kier alpha value is -1.48. The molecule has 0 aliphatic carbocycles. The summed E-state index contributed by atoms with van der Waals surface area (Å²) in [6.07, 6.45) is 4.40. The highest BCUT2D eigenvalue weighted by Gasteiger charge is 2.21. The molecular weight excluding hydrogens is 314 g/mol. The van der Waals surface area contributed by atoms with Gasteiger partial charge in [0, 0.05) is 23.0 Å². The van der Waals surface area contributed by atoms with E-state index in [9.17, 15) is 4.21 Å². The van der Waals surface area contributed by atoms with Gasteiger partial charge in [0.1, 0.15) is 0 Å². The molecule has 0 aliphatic heterocycles. The lowest BCUT2D eigenvalue weighted by Gasteiger charge is -2.26. The second-order valence-corrected chi connectivity index (χ2v) is 9.98. The molecule has 0 saturated carbocycles. The van der Waals surface area contributed by atoms with E-state index in [2.05, 4.69) is 64.7 Å². The second-order valence-electron chi connectivity index (χ2n) is 8.41. The van der Waals surface area contributed by atoms with Gasteiger partial charge in [0.25, 0.3) is 0 Å². The van der Waals surface area contributed by atoms with Gasteiger partial charge in [0.05, 0.1) is 10.8 Å².